The maximum atomic E-state index is 12.8. The molecule has 2 N–H and O–H groups in total. The number of aromatic amines is 2. The Balaban J connectivity index is 1.15. The van der Waals surface area contributed by atoms with E-state index in [0.717, 1.165) is 39.3 Å². The van der Waals surface area contributed by atoms with Gasteiger partial charge in [-0.05, 0) is 48.5 Å². The van der Waals surface area contributed by atoms with Gasteiger partial charge >= 0.3 is 0 Å². The molecule has 5 heterocycles. The van der Waals surface area contributed by atoms with Crippen molar-refractivity contribution in [1.29, 1.82) is 0 Å². The zero-order valence-corrected chi connectivity index (χ0v) is 19.2. The zero-order chi connectivity index (χ0) is 23.1. The van der Waals surface area contributed by atoms with Gasteiger partial charge in [-0.15, -0.1) is 0 Å². The van der Waals surface area contributed by atoms with Crippen molar-refractivity contribution in [2.24, 2.45) is 0 Å². The second-order valence-electron chi connectivity index (χ2n) is 8.31. The van der Waals surface area contributed by atoms with E-state index >= 15 is 0 Å². The molecule has 0 fully saturated rings. The van der Waals surface area contributed by atoms with Crippen molar-refractivity contribution in [2.75, 3.05) is 6.54 Å². The summed E-state index contributed by atoms with van der Waals surface area (Å²) in [5.41, 5.74) is 5.25. The fourth-order valence-electron chi connectivity index (χ4n) is 4.14. The molecule has 34 heavy (non-hydrogen) atoms. The Morgan fingerprint density at radius 3 is 2.88 bits per heavy atom. The first kappa shape index (κ1) is 20.8. The highest BCUT2D eigenvalue weighted by molar-refractivity contribution is 7.99. The maximum Gasteiger partial charge on any atom is 0.255 e. The molecular weight excluding hydrogens is 450 g/mol. The van der Waals surface area contributed by atoms with E-state index in [1.165, 1.54) is 23.7 Å². The average Bonchev–Trinajstić information content (AvgIpc) is 3.45. The van der Waals surface area contributed by atoms with Gasteiger partial charge in [0.1, 0.15) is 17.9 Å². The monoisotopic (exact) mass is 471 g/mol. The van der Waals surface area contributed by atoms with Crippen LogP contribution >= 0.6 is 11.8 Å². The van der Waals surface area contributed by atoms with Crippen LogP contribution in [0, 0.1) is 6.92 Å². The van der Waals surface area contributed by atoms with Gasteiger partial charge in [0.2, 0.25) is 0 Å². The molecule has 0 atom stereocenters. The third-order valence-corrected chi connectivity index (χ3v) is 6.62. The van der Waals surface area contributed by atoms with Crippen LogP contribution in [0.2, 0.25) is 0 Å². The molecule has 0 radical (unpaired) electrons. The lowest BCUT2D eigenvalue weighted by Gasteiger charge is -2.26. The van der Waals surface area contributed by atoms with Gasteiger partial charge in [0, 0.05) is 31.9 Å². The minimum absolute atomic E-state index is 0.121. The summed E-state index contributed by atoms with van der Waals surface area (Å²) < 4.78 is 6.05. The van der Waals surface area contributed by atoms with Gasteiger partial charge in [0.25, 0.3) is 5.56 Å². The Morgan fingerprint density at radius 2 is 2.00 bits per heavy atom. The fourth-order valence-corrected chi connectivity index (χ4v) is 4.92. The van der Waals surface area contributed by atoms with Crippen molar-refractivity contribution in [2.45, 2.75) is 36.7 Å². The number of aryl methyl sites for hydroxylation is 1. The van der Waals surface area contributed by atoms with Gasteiger partial charge in [0.05, 0.1) is 34.4 Å². The fraction of sp³-hybridized carbons (Fsp3) is 0.208. The molecule has 1 aliphatic heterocycles. The average molecular weight is 472 g/mol. The number of imidazole rings is 1. The number of hydrogen-bond donors (Lipinski definition) is 2. The highest BCUT2D eigenvalue weighted by atomic mass is 32.2. The number of nitrogens with zero attached hydrogens (tertiary/aromatic N) is 5. The number of nitrogens with one attached hydrogen (secondary N) is 2. The van der Waals surface area contributed by atoms with Crippen LogP contribution in [0.3, 0.4) is 0 Å². The van der Waals surface area contributed by atoms with E-state index in [4.69, 9.17) is 4.42 Å². The lowest BCUT2D eigenvalue weighted by Crippen LogP contribution is -2.35. The van der Waals surface area contributed by atoms with Crippen LogP contribution in [0.25, 0.3) is 22.4 Å². The standard InChI is InChI=1S/C24H21N7O2S/c1-14-2-4-19-20(8-14)29-24(28-19)34-21-5-3-16(33-21)11-31-7-6-18-17(12-31)23(32)30-22(27-18)15-9-25-13-26-10-15/h2-5,8-10,13H,6-7,11-12H2,1H3,(H,28,29)(H,27,30,32). The van der Waals surface area contributed by atoms with Crippen LogP contribution in [0.15, 0.2) is 68.5 Å². The number of fused-ring (bicyclic) bond motifs is 2. The molecule has 0 bridgehead atoms. The van der Waals surface area contributed by atoms with E-state index in [1.807, 2.05) is 18.2 Å². The molecule has 0 amide bonds. The molecule has 1 aromatic carbocycles. The topological polar surface area (TPSA) is 117 Å². The van der Waals surface area contributed by atoms with Crippen LogP contribution in [-0.4, -0.2) is 41.3 Å². The molecule has 0 aliphatic carbocycles. The predicted molar refractivity (Wildman–Crippen MR) is 127 cm³/mol. The van der Waals surface area contributed by atoms with Gasteiger partial charge in [0.15, 0.2) is 10.2 Å². The summed E-state index contributed by atoms with van der Waals surface area (Å²) in [4.78, 5) is 38.5. The van der Waals surface area contributed by atoms with Gasteiger partial charge in [-0.2, -0.15) is 0 Å². The Bertz CT molecular complexity index is 1540. The number of aromatic nitrogens is 6. The molecule has 5 aromatic rings. The van der Waals surface area contributed by atoms with Crippen LogP contribution < -0.4 is 5.56 Å². The van der Waals surface area contributed by atoms with Gasteiger partial charge in [-0.25, -0.2) is 19.9 Å². The number of H-pyrrole nitrogens is 2. The maximum absolute atomic E-state index is 12.8. The smallest absolute Gasteiger partial charge is 0.255 e. The first-order valence-corrected chi connectivity index (χ1v) is 11.7. The summed E-state index contributed by atoms with van der Waals surface area (Å²) in [6, 6.07) is 10.1. The number of furan rings is 1. The van der Waals surface area contributed by atoms with Gasteiger partial charge in [-0.3, -0.25) is 9.69 Å². The summed E-state index contributed by atoms with van der Waals surface area (Å²) >= 11 is 1.47. The quantitative estimate of drug-likeness (QED) is 0.398. The highest BCUT2D eigenvalue weighted by Gasteiger charge is 2.22. The third kappa shape index (κ3) is 4.13. The summed E-state index contributed by atoms with van der Waals surface area (Å²) in [5, 5.41) is 1.57. The van der Waals surface area contributed by atoms with Gasteiger partial charge in [-0.1, -0.05) is 6.07 Å². The molecule has 170 valence electrons. The largest absolute Gasteiger partial charge is 0.453 e. The molecule has 0 spiro atoms. The minimum Gasteiger partial charge on any atom is -0.453 e. The second kappa shape index (κ2) is 8.54. The minimum atomic E-state index is -0.121. The summed E-state index contributed by atoms with van der Waals surface area (Å²) in [6.07, 6.45) is 5.44. The first-order valence-electron chi connectivity index (χ1n) is 10.9. The third-order valence-electron chi connectivity index (χ3n) is 5.81. The van der Waals surface area contributed by atoms with Crippen LogP contribution in [0.4, 0.5) is 0 Å². The number of rotatable bonds is 5. The Labute approximate surface area is 198 Å². The summed E-state index contributed by atoms with van der Waals surface area (Å²) in [7, 11) is 0. The molecule has 0 saturated heterocycles. The molecule has 10 heteroatoms. The molecule has 1 aliphatic rings. The Morgan fingerprint density at radius 1 is 1.12 bits per heavy atom. The SMILES string of the molecule is Cc1ccc2nc(Sc3ccc(CN4CCc5nc(-c6cncnc6)[nH]c(=O)c5C4)o3)[nH]c2c1. The van der Waals surface area contributed by atoms with E-state index in [0.29, 0.717) is 36.5 Å². The molecule has 9 nitrogen and oxygen atoms in total. The molecular formula is C24H21N7O2S. The van der Waals surface area contributed by atoms with E-state index in [9.17, 15) is 4.79 Å². The second-order valence-corrected chi connectivity index (χ2v) is 9.31. The zero-order valence-electron chi connectivity index (χ0n) is 18.4. The van der Waals surface area contributed by atoms with E-state index in [2.05, 4.69) is 53.9 Å². The predicted octanol–water partition coefficient (Wildman–Crippen LogP) is 3.71. The van der Waals surface area contributed by atoms with Crippen molar-refractivity contribution < 1.29 is 4.42 Å². The lowest BCUT2D eigenvalue weighted by atomic mass is 10.1. The van der Waals surface area contributed by atoms with Gasteiger partial charge < -0.3 is 14.4 Å². The molecule has 0 unspecified atom stereocenters. The lowest BCUT2D eigenvalue weighted by molar-refractivity contribution is 0.217. The van der Waals surface area contributed by atoms with Crippen LogP contribution in [-0.2, 0) is 19.5 Å². The summed E-state index contributed by atoms with van der Waals surface area (Å²) in [6.45, 7) is 3.99. The van der Waals surface area contributed by atoms with Crippen molar-refractivity contribution >= 4 is 22.8 Å². The van der Waals surface area contributed by atoms with E-state index in [1.54, 1.807) is 12.4 Å². The van der Waals surface area contributed by atoms with Crippen molar-refractivity contribution in [1.82, 2.24) is 34.8 Å². The van der Waals surface area contributed by atoms with Crippen molar-refractivity contribution in [3.63, 3.8) is 0 Å². The Kier molecular flexibility index (Phi) is 5.23. The number of hydrogen-bond acceptors (Lipinski definition) is 8. The van der Waals surface area contributed by atoms with Crippen LogP contribution in [0.1, 0.15) is 22.6 Å². The van der Waals surface area contributed by atoms with E-state index in [-0.39, 0.29) is 5.56 Å². The van der Waals surface area contributed by atoms with E-state index < -0.39 is 0 Å². The number of benzene rings is 1. The van der Waals surface area contributed by atoms with Crippen molar-refractivity contribution in [3.05, 3.63) is 82.0 Å². The highest BCUT2D eigenvalue weighted by Crippen LogP contribution is 2.30. The molecule has 0 saturated carbocycles. The first-order chi connectivity index (χ1) is 16.6. The van der Waals surface area contributed by atoms with Crippen molar-refractivity contribution in [3.8, 4) is 11.4 Å². The normalized spacial score (nSPS) is 13.9. The molecule has 6 rings (SSSR count). The summed E-state index contributed by atoms with van der Waals surface area (Å²) in [5.74, 6) is 1.35. The Hall–Kier alpha value is -3.76. The molecule has 4 aromatic heterocycles. The van der Waals surface area contributed by atoms with Crippen LogP contribution in [0.5, 0.6) is 0 Å².